The average Bonchev–Trinajstić information content (AvgIpc) is 3.21. The number of likely N-dealkylation sites (tertiary alicyclic amines) is 1. The van der Waals surface area contributed by atoms with Crippen molar-refractivity contribution in [1.82, 2.24) is 4.90 Å². The molecular weight excluding hydrogens is 382 g/mol. The van der Waals surface area contributed by atoms with E-state index in [1.54, 1.807) is 25.0 Å². The molecule has 30 heavy (non-hydrogen) atoms. The van der Waals surface area contributed by atoms with Crippen molar-refractivity contribution in [1.29, 1.82) is 0 Å². The van der Waals surface area contributed by atoms with Crippen LogP contribution in [0.1, 0.15) is 22.5 Å². The second kappa shape index (κ2) is 8.45. The zero-order valence-corrected chi connectivity index (χ0v) is 17.0. The molecule has 1 fully saturated rings. The van der Waals surface area contributed by atoms with E-state index >= 15 is 0 Å². The maximum absolute atomic E-state index is 12.9. The van der Waals surface area contributed by atoms with Gasteiger partial charge >= 0.3 is 5.63 Å². The van der Waals surface area contributed by atoms with Gasteiger partial charge in [-0.05, 0) is 42.3 Å². The Kier molecular flexibility index (Phi) is 5.57. The highest BCUT2D eigenvalue weighted by Crippen LogP contribution is 2.25. The van der Waals surface area contributed by atoms with Crippen LogP contribution in [-0.2, 0) is 0 Å². The van der Waals surface area contributed by atoms with E-state index in [4.69, 9.17) is 13.9 Å². The number of benzene rings is 2. The van der Waals surface area contributed by atoms with Gasteiger partial charge in [-0.2, -0.15) is 0 Å². The molecule has 2 heterocycles. The molecule has 4 rings (SSSR count). The highest BCUT2D eigenvalue weighted by Gasteiger charge is 2.28. The lowest BCUT2D eigenvalue weighted by Crippen LogP contribution is -2.31. The molecule has 1 amide bonds. The van der Waals surface area contributed by atoms with Gasteiger partial charge in [0.15, 0.2) is 0 Å². The summed E-state index contributed by atoms with van der Waals surface area (Å²) < 4.78 is 16.1. The van der Waals surface area contributed by atoms with Gasteiger partial charge in [0.1, 0.15) is 23.4 Å². The topological polar surface area (TPSA) is 69.0 Å². The normalized spacial score (nSPS) is 15.8. The predicted octanol–water partition coefficient (Wildman–Crippen LogP) is 3.92. The Morgan fingerprint density at radius 1 is 1.03 bits per heavy atom. The summed E-state index contributed by atoms with van der Waals surface area (Å²) in [4.78, 5) is 26.2. The fraction of sp³-hybridized carbons (Fsp3) is 0.250. The number of hydrogen-bond donors (Lipinski definition) is 0. The quantitative estimate of drug-likeness (QED) is 0.644. The molecule has 1 unspecified atom stereocenters. The van der Waals surface area contributed by atoms with Crippen LogP contribution in [0.5, 0.6) is 11.5 Å². The zero-order valence-electron chi connectivity index (χ0n) is 17.0. The summed E-state index contributed by atoms with van der Waals surface area (Å²) in [5.74, 6) is 1.74. The number of nitrogens with zero attached hydrogens (tertiary/aromatic N) is 1. The number of ether oxygens (including phenoxy) is 2. The SMILES string of the molecule is COc1cccc(-c2ccc(C(=O)N3CCC(Oc4cc(C)oc(=O)c4)C3)cc2)c1. The molecule has 0 bridgehead atoms. The third-order valence-corrected chi connectivity index (χ3v) is 5.14. The molecule has 0 N–H and O–H groups in total. The summed E-state index contributed by atoms with van der Waals surface area (Å²) in [5.41, 5.74) is 2.25. The van der Waals surface area contributed by atoms with Crippen molar-refractivity contribution in [2.45, 2.75) is 19.4 Å². The number of amides is 1. The first-order valence-electron chi connectivity index (χ1n) is 9.84. The van der Waals surface area contributed by atoms with Gasteiger partial charge in [-0.3, -0.25) is 4.79 Å². The van der Waals surface area contributed by atoms with Gasteiger partial charge in [-0.1, -0.05) is 24.3 Å². The van der Waals surface area contributed by atoms with E-state index in [1.807, 2.05) is 48.5 Å². The maximum Gasteiger partial charge on any atom is 0.339 e. The Labute approximate surface area is 174 Å². The van der Waals surface area contributed by atoms with Gasteiger partial charge < -0.3 is 18.8 Å². The van der Waals surface area contributed by atoms with Gasteiger partial charge in [-0.25, -0.2) is 4.79 Å². The summed E-state index contributed by atoms with van der Waals surface area (Å²) >= 11 is 0. The molecule has 6 nitrogen and oxygen atoms in total. The highest BCUT2D eigenvalue weighted by molar-refractivity contribution is 5.95. The van der Waals surface area contributed by atoms with Gasteiger partial charge in [0, 0.05) is 24.6 Å². The fourth-order valence-electron chi connectivity index (χ4n) is 3.64. The molecule has 1 atom stereocenters. The molecule has 6 heteroatoms. The van der Waals surface area contributed by atoms with Crippen LogP contribution in [0.2, 0.25) is 0 Å². The predicted molar refractivity (Wildman–Crippen MR) is 113 cm³/mol. The first-order valence-corrected chi connectivity index (χ1v) is 9.84. The number of carbonyl (C=O) groups excluding carboxylic acids is 1. The van der Waals surface area contributed by atoms with E-state index in [9.17, 15) is 9.59 Å². The number of rotatable bonds is 5. The van der Waals surface area contributed by atoms with Crippen LogP contribution in [0.4, 0.5) is 0 Å². The number of methoxy groups -OCH3 is 1. The van der Waals surface area contributed by atoms with Crippen molar-refractivity contribution >= 4 is 5.91 Å². The summed E-state index contributed by atoms with van der Waals surface area (Å²) in [5, 5.41) is 0. The average molecular weight is 405 g/mol. The van der Waals surface area contributed by atoms with Crippen LogP contribution in [0.3, 0.4) is 0 Å². The standard InChI is InChI=1S/C24H23NO5/c1-16-12-22(14-23(26)29-16)30-21-10-11-25(15-21)24(27)18-8-6-17(7-9-18)19-4-3-5-20(13-19)28-2/h3-9,12-14,21H,10-11,15H2,1-2H3. The van der Waals surface area contributed by atoms with Crippen molar-refractivity contribution < 1.29 is 18.7 Å². The zero-order chi connectivity index (χ0) is 21.1. The van der Waals surface area contributed by atoms with Crippen LogP contribution in [0, 0.1) is 6.92 Å². The molecule has 0 radical (unpaired) electrons. The molecule has 2 aromatic carbocycles. The van der Waals surface area contributed by atoms with Crippen LogP contribution >= 0.6 is 0 Å². The molecule has 0 aliphatic carbocycles. The van der Waals surface area contributed by atoms with E-state index in [0.29, 0.717) is 36.6 Å². The second-order valence-corrected chi connectivity index (χ2v) is 7.31. The lowest BCUT2D eigenvalue weighted by atomic mass is 10.0. The summed E-state index contributed by atoms with van der Waals surface area (Å²) in [6, 6.07) is 18.4. The van der Waals surface area contributed by atoms with Crippen LogP contribution in [-0.4, -0.2) is 37.1 Å². The minimum Gasteiger partial charge on any atom is -0.497 e. The van der Waals surface area contributed by atoms with E-state index in [0.717, 1.165) is 16.9 Å². The largest absolute Gasteiger partial charge is 0.497 e. The van der Waals surface area contributed by atoms with E-state index in [1.165, 1.54) is 6.07 Å². The Bertz CT molecular complexity index is 1100. The highest BCUT2D eigenvalue weighted by atomic mass is 16.5. The molecular formula is C24H23NO5. The van der Waals surface area contributed by atoms with Gasteiger partial charge in [0.05, 0.1) is 19.7 Å². The van der Waals surface area contributed by atoms with Crippen molar-refractivity contribution in [2.75, 3.05) is 20.2 Å². The van der Waals surface area contributed by atoms with Gasteiger partial charge in [-0.15, -0.1) is 0 Å². The van der Waals surface area contributed by atoms with Crippen molar-refractivity contribution in [3.8, 4) is 22.6 Å². The van der Waals surface area contributed by atoms with E-state index in [2.05, 4.69) is 0 Å². The van der Waals surface area contributed by atoms with E-state index in [-0.39, 0.29) is 12.0 Å². The molecule has 1 saturated heterocycles. The first-order chi connectivity index (χ1) is 14.5. The molecule has 0 spiro atoms. The number of hydrogen-bond acceptors (Lipinski definition) is 5. The lowest BCUT2D eigenvalue weighted by molar-refractivity contribution is 0.0772. The number of carbonyl (C=O) groups is 1. The second-order valence-electron chi connectivity index (χ2n) is 7.31. The molecule has 3 aromatic rings. The third kappa shape index (κ3) is 4.38. The summed E-state index contributed by atoms with van der Waals surface area (Å²) in [6.07, 6.45) is 0.568. The maximum atomic E-state index is 12.9. The monoisotopic (exact) mass is 405 g/mol. The van der Waals surface area contributed by atoms with Gasteiger partial charge in [0.25, 0.3) is 5.91 Å². The molecule has 154 valence electrons. The van der Waals surface area contributed by atoms with Crippen molar-refractivity contribution in [3.63, 3.8) is 0 Å². The minimum absolute atomic E-state index is 0.0259. The fourth-order valence-corrected chi connectivity index (χ4v) is 3.64. The Morgan fingerprint density at radius 2 is 1.83 bits per heavy atom. The van der Waals surface area contributed by atoms with Crippen LogP contribution in [0.15, 0.2) is 69.9 Å². The Morgan fingerprint density at radius 3 is 2.57 bits per heavy atom. The molecule has 1 aliphatic rings. The number of aryl methyl sites for hydroxylation is 1. The summed E-state index contributed by atoms with van der Waals surface area (Å²) in [7, 11) is 1.64. The minimum atomic E-state index is -0.438. The van der Waals surface area contributed by atoms with Crippen molar-refractivity contribution in [3.05, 3.63) is 82.4 Å². The Balaban J connectivity index is 1.41. The van der Waals surface area contributed by atoms with Crippen LogP contribution < -0.4 is 15.1 Å². The van der Waals surface area contributed by atoms with Crippen LogP contribution in [0.25, 0.3) is 11.1 Å². The lowest BCUT2D eigenvalue weighted by Gasteiger charge is -2.17. The first kappa shape index (κ1) is 19.8. The van der Waals surface area contributed by atoms with Gasteiger partial charge in [0.2, 0.25) is 0 Å². The molecule has 0 saturated carbocycles. The smallest absolute Gasteiger partial charge is 0.339 e. The third-order valence-electron chi connectivity index (χ3n) is 5.14. The van der Waals surface area contributed by atoms with Crippen molar-refractivity contribution in [2.24, 2.45) is 0 Å². The molecule has 1 aromatic heterocycles. The molecule has 1 aliphatic heterocycles. The Hall–Kier alpha value is -3.54. The van der Waals surface area contributed by atoms with E-state index < -0.39 is 5.63 Å². The summed E-state index contributed by atoms with van der Waals surface area (Å²) in [6.45, 7) is 2.80.